The van der Waals surface area contributed by atoms with Crippen molar-refractivity contribution in [2.24, 2.45) is 0 Å². The Labute approximate surface area is 192 Å². The van der Waals surface area contributed by atoms with E-state index in [0.717, 1.165) is 29.7 Å². The first-order valence-electron chi connectivity index (χ1n) is 11.2. The zero-order valence-electron chi connectivity index (χ0n) is 18.9. The molecule has 1 aromatic carbocycles. The van der Waals surface area contributed by atoms with E-state index in [9.17, 15) is 14.0 Å². The van der Waals surface area contributed by atoms with Crippen LogP contribution in [0.15, 0.2) is 59.7 Å². The molecule has 7 nitrogen and oxygen atoms in total. The lowest BCUT2D eigenvalue weighted by atomic mass is 9.88. The summed E-state index contributed by atoms with van der Waals surface area (Å²) in [7, 11) is 3.78. The van der Waals surface area contributed by atoms with E-state index in [-0.39, 0.29) is 23.2 Å². The van der Waals surface area contributed by atoms with Crippen LogP contribution in [0, 0.1) is 5.82 Å². The number of likely N-dealkylation sites (tertiary alicyclic amines) is 1. The predicted molar refractivity (Wildman–Crippen MR) is 126 cm³/mol. The van der Waals surface area contributed by atoms with E-state index >= 15 is 0 Å². The molecule has 3 heterocycles. The monoisotopic (exact) mass is 449 g/mol. The van der Waals surface area contributed by atoms with E-state index in [4.69, 9.17) is 4.98 Å². The number of rotatable bonds is 6. The number of amides is 1. The molecule has 0 spiro atoms. The molecule has 1 saturated heterocycles. The van der Waals surface area contributed by atoms with Gasteiger partial charge in [0, 0.05) is 70.1 Å². The summed E-state index contributed by atoms with van der Waals surface area (Å²) in [5.74, 6) is 0.502. The van der Waals surface area contributed by atoms with Crippen LogP contribution in [-0.4, -0.2) is 52.5 Å². The number of halogens is 1. The largest absolute Gasteiger partial charge is 0.347 e. The topological polar surface area (TPSA) is 71.3 Å². The second-order valence-corrected chi connectivity index (χ2v) is 8.51. The van der Waals surface area contributed by atoms with Gasteiger partial charge in [-0.3, -0.25) is 9.59 Å². The summed E-state index contributed by atoms with van der Waals surface area (Å²) in [6.07, 6.45) is 5.29. The molecule has 0 bridgehead atoms. The minimum absolute atomic E-state index is 0.0474. The molecule has 3 aromatic rings. The highest BCUT2D eigenvalue weighted by atomic mass is 19.1. The van der Waals surface area contributed by atoms with Gasteiger partial charge in [0.05, 0.1) is 5.69 Å². The van der Waals surface area contributed by atoms with Crippen LogP contribution in [0.25, 0.3) is 11.1 Å². The van der Waals surface area contributed by atoms with Gasteiger partial charge >= 0.3 is 0 Å². The molecule has 1 fully saturated rings. The molecule has 0 unspecified atom stereocenters. The molecule has 0 saturated carbocycles. The summed E-state index contributed by atoms with van der Waals surface area (Å²) in [5.41, 5.74) is 2.37. The number of carbonyl (C=O) groups is 1. The van der Waals surface area contributed by atoms with Gasteiger partial charge in [-0.15, -0.1) is 0 Å². The van der Waals surface area contributed by atoms with Gasteiger partial charge < -0.3 is 14.4 Å². The average molecular weight is 450 g/mol. The van der Waals surface area contributed by atoms with Crippen molar-refractivity contribution < 1.29 is 9.18 Å². The lowest BCUT2D eigenvalue weighted by Gasteiger charge is -2.33. The van der Waals surface area contributed by atoms with Gasteiger partial charge in [-0.05, 0) is 36.6 Å². The molecule has 0 atom stereocenters. The number of piperidine rings is 1. The number of aromatic nitrogens is 3. The van der Waals surface area contributed by atoms with Crippen molar-refractivity contribution in [3.05, 3.63) is 76.7 Å². The van der Waals surface area contributed by atoms with Gasteiger partial charge in [0.2, 0.25) is 11.9 Å². The lowest BCUT2D eigenvalue weighted by Crippen LogP contribution is -2.39. The van der Waals surface area contributed by atoms with Crippen molar-refractivity contribution in [3.63, 3.8) is 0 Å². The summed E-state index contributed by atoms with van der Waals surface area (Å²) >= 11 is 0. The molecule has 33 heavy (non-hydrogen) atoms. The number of benzene rings is 1. The summed E-state index contributed by atoms with van der Waals surface area (Å²) in [6, 6.07) is 11.5. The molecule has 0 radical (unpaired) electrons. The van der Waals surface area contributed by atoms with Gasteiger partial charge in [-0.2, -0.15) is 0 Å². The second-order valence-electron chi connectivity index (χ2n) is 8.51. The van der Waals surface area contributed by atoms with Crippen molar-refractivity contribution >= 4 is 11.9 Å². The van der Waals surface area contributed by atoms with E-state index < -0.39 is 0 Å². The van der Waals surface area contributed by atoms with Crippen molar-refractivity contribution in [2.75, 3.05) is 32.1 Å². The number of hydrogen-bond acceptors (Lipinski definition) is 5. The first-order valence-corrected chi connectivity index (χ1v) is 11.2. The fourth-order valence-electron chi connectivity index (χ4n) is 4.21. The third-order valence-corrected chi connectivity index (χ3v) is 6.04. The molecule has 1 aliphatic rings. The molecule has 8 heteroatoms. The van der Waals surface area contributed by atoms with Crippen LogP contribution in [0.2, 0.25) is 0 Å². The Bertz CT molecular complexity index is 1190. The van der Waals surface area contributed by atoms with Crippen LogP contribution in [-0.2, 0) is 11.3 Å². The molecule has 4 rings (SSSR count). The Kier molecular flexibility index (Phi) is 6.82. The van der Waals surface area contributed by atoms with Crippen molar-refractivity contribution in [1.29, 1.82) is 0 Å². The molecule has 172 valence electrons. The molecule has 1 amide bonds. The summed E-state index contributed by atoms with van der Waals surface area (Å²) in [4.78, 5) is 37.5. The third-order valence-electron chi connectivity index (χ3n) is 6.04. The van der Waals surface area contributed by atoms with Crippen LogP contribution < -0.4 is 10.5 Å². The first-order chi connectivity index (χ1) is 15.9. The van der Waals surface area contributed by atoms with Crippen LogP contribution in [0.4, 0.5) is 10.3 Å². The SMILES string of the molecule is CN(C)c1ncc(-c2cccc(F)c2)c(C2CCN(C(=O)CCn3ccccc3=O)CC2)n1. The highest BCUT2D eigenvalue weighted by Gasteiger charge is 2.27. The van der Waals surface area contributed by atoms with Gasteiger partial charge in [0.15, 0.2) is 0 Å². The predicted octanol–water partition coefficient (Wildman–Crippen LogP) is 3.31. The number of anilines is 1. The zero-order valence-corrected chi connectivity index (χ0v) is 18.9. The van der Waals surface area contributed by atoms with Gasteiger partial charge in [-0.25, -0.2) is 14.4 Å². The van der Waals surface area contributed by atoms with Crippen molar-refractivity contribution in [1.82, 2.24) is 19.4 Å². The minimum Gasteiger partial charge on any atom is -0.347 e. The minimum atomic E-state index is -0.298. The number of pyridine rings is 1. The average Bonchev–Trinajstić information content (AvgIpc) is 2.83. The Morgan fingerprint density at radius 1 is 1.15 bits per heavy atom. The van der Waals surface area contributed by atoms with Crippen molar-refractivity contribution in [2.45, 2.75) is 31.7 Å². The van der Waals surface area contributed by atoms with Gasteiger partial charge in [-0.1, -0.05) is 18.2 Å². The Morgan fingerprint density at radius 2 is 1.94 bits per heavy atom. The standard InChI is InChI=1S/C25H28FN5O2/c1-29(2)25-27-17-21(19-6-5-7-20(26)16-19)24(28-25)18-9-13-31(14-10-18)23(33)11-15-30-12-4-3-8-22(30)32/h3-8,12,16-18H,9-11,13-15H2,1-2H3. The van der Waals surface area contributed by atoms with Crippen molar-refractivity contribution in [3.8, 4) is 11.1 Å². The quantitative estimate of drug-likeness (QED) is 0.578. The third kappa shape index (κ3) is 5.27. The van der Waals surface area contributed by atoms with E-state index in [2.05, 4.69) is 4.98 Å². The normalized spacial score (nSPS) is 14.3. The van der Waals surface area contributed by atoms with E-state index in [1.54, 1.807) is 35.2 Å². The molecule has 0 N–H and O–H groups in total. The fraction of sp³-hybridized carbons (Fsp3) is 0.360. The van der Waals surface area contributed by atoms with Crippen LogP contribution >= 0.6 is 0 Å². The summed E-state index contributed by atoms with van der Waals surface area (Å²) < 4.78 is 15.4. The van der Waals surface area contributed by atoms with Crippen LogP contribution in [0.5, 0.6) is 0 Å². The highest BCUT2D eigenvalue weighted by molar-refractivity contribution is 5.76. The molecule has 0 aliphatic carbocycles. The molecular formula is C25H28FN5O2. The summed E-state index contributed by atoms with van der Waals surface area (Å²) in [5, 5.41) is 0. The van der Waals surface area contributed by atoms with Gasteiger partial charge in [0.25, 0.3) is 5.56 Å². The van der Waals surface area contributed by atoms with E-state index in [1.165, 1.54) is 18.2 Å². The second kappa shape index (κ2) is 9.94. The van der Waals surface area contributed by atoms with E-state index in [0.29, 0.717) is 32.0 Å². The van der Waals surface area contributed by atoms with Gasteiger partial charge in [0.1, 0.15) is 5.82 Å². The molecule has 1 aliphatic heterocycles. The maximum absolute atomic E-state index is 13.9. The Morgan fingerprint density at radius 3 is 2.64 bits per heavy atom. The molecule has 2 aromatic heterocycles. The maximum Gasteiger partial charge on any atom is 0.250 e. The van der Waals surface area contributed by atoms with Crippen LogP contribution in [0.1, 0.15) is 30.9 Å². The first kappa shape index (κ1) is 22.6. The zero-order chi connectivity index (χ0) is 23.4. The summed E-state index contributed by atoms with van der Waals surface area (Å²) in [6.45, 7) is 1.62. The highest BCUT2D eigenvalue weighted by Crippen LogP contribution is 2.35. The molecular weight excluding hydrogens is 421 g/mol. The Hall–Kier alpha value is -3.55. The number of carbonyl (C=O) groups excluding carboxylic acids is 1. The van der Waals surface area contributed by atoms with E-state index in [1.807, 2.05) is 30.0 Å². The smallest absolute Gasteiger partial charge is 0.250 e. The fourth-order valence-corrected chi connectivity index (χ4v) is 4.21. The number of aryl methyl sites for hydroxylation is 1. The number of hydrogen-bond donors (Lipinski definition) is 0. The maximum atomic E-state index is 13.9. The Balaban J connectivity index is 1.47. The lowest BCUT2D eigenvalue weighted by molar-refractivity contribution is -0.132. The van der Waals surface area contributed by atoms with Crippen LogP contribution in [0.3, 0.4) is 0 Å². The number of nitrogens with zero attached hydrogens (tertiary/aromatic N) is 5.